The van der Waals surface area contributed by atoms with Gasteiger partial charge in [-0.2, -0.15) is 0 Å². The molecule has 0 spiro atoms. The Kier molecular flexibility index (Phi) is 1.38. The maximum absolute atomic E-state index is 11.5. The van der Waals surface area contributed by atoms with Gasteiger partial charge in [-0.15, -0.1) is 0 Å². The second kappa shape index (κ2) is 2.28. The summed E-state index contributed by atoms with van der Waals surface area (Å²) >= 11 is 0. The molecule has 4 aliphatic carbocycles. The molecule has 0 aromatic rings. The molecule has 0 aromatic carbocycles. The van der Waals surface area contributed by atoms with Gasteiger partial charge in [0, 0.05) is 5.41 Å². The minimum atomic E-state index is -0.0920. The van der Waals surface area contributed by atoms with Gasteiger partial charge in [-0.05, 0) is 56.3 Å². The average molecular weight is 178 g/mol. The molecule has 0 aromatic heterocycles. The van der Waals surface area contributed by atoms with Crippen molar-refractivity contribution in [1.82, 2.24) is 0 Å². The molecule has 4 rings (SSSR count). The zero-order valence-corrected chi connectivity index (χ0v) is 7.83. The fourth-order valence-corrected chi connectivity index (χ4v) is 4.07. The van der Waals surface area contributed by atoms with Gasteiger partial charge >= 0.3 is 0 Å². The zero-order valence-electron chi connectivity index (χ0n) is 7.83. The normalized spacial score (nSPS) is 52.5. The van der Waals surface area contributed by atoms with Crippen molar-refractivity contribution in [3.63, 3.8) is 0 Å². The van der Waals surface area contributed by atoms with E-state index in [1.165, 1.54) is 12.8 Å². The molecular weight excluding hydrogens is 162 g/mol. The first-order valence-corrected chi connectivity index (χ1v) is 5.33. The van der Waals surface area contributed by atoms with Crippen LogP contribution in [0.4, 0.5) is 0 Å². The van der Waals surface area contributed by atoms with E-state index >= 15 is 0 Å². The van der Waals surface area contributed by atoms with E-state index in [0.717, 1.165) is 25.2 Å². The molecule has 2 nitrogen and oxygen atoms in total. The fourth-order valence-electron chi connectivity index (χ4n) is 4.07. The number of hydrogen-bond donors (Lipinski definition) is 1. The van der Waals surface area contributed by atoms with Crippen LogP contribution < -0.4 is 5.73 Å². The van der Waals surface area contributed by atoms with Gasteiger partial charge in [0.25, 0.3) is 0 Å². The van der Waals surface area contributed by atoms with Crippen LogP contribution >= 0.6 is 0 Å². The lowest BCUT2D eigenvalue weighted by molar-refractivity contribution is -0.138. The van der Waals surface area contributed by atoms with Crippen LogP contribution in [0.3, 0.4) is 0 Å². The van der Waals surface area contributed by atoms with Gasteiger partial charge in [0.1, 0.15) is 0 Å². The van der Waals surface area contributed by atoms with Crippen molar-refractivity contribution < 1.29 is 4.79 Å². The molecule has 4 bridgehead atoms. The molecule has 2 unspecified atom stereocenters. The third kappa shape index (κ3) is 0.976. The van der Waals surface area contributed by atoms with Crippen LogP contribution in [0.1, 0.15) is 32.1 Å². The van der Waals surface area contributed by atoms with Gasteiger partial charge in [0.05, 0.1) is 0 Å². The molecule has 4 fully saturated rings. The van der Waals surface area contributed by atoms with E-state index in [4.69, 9.17) is 5.73 Å². The van der Waals surface area contributed by atoms with Gasteiger partial charge in [0.2, 0.25) is 5.91 Å². The van der Waals surface area contributed by atoms with E-state index in [-0.39, 0.29) is 11.3 Å². The van der Waals surface area contributed by atoms with Crippen molar-refractivity contribution in [2.75, 3.05) is 0 Å². The first kappa shape index (κ1) is 7.84. The van der Waals surface area contributed by atoms with Crippen LogP contribution in [0.25, 0.3) is 0 Å². The summed E-state index contributed by atoms with van der Waals surface area (Å²) in [5.41, 5.74) is 5.45. The van der Waals surface area contributed by atoms with Crippen LogP contribution in [-0.2, 0) is 4.79 Å². The monoisotopic (exact) mass is 178 g/mol. The average Bonchev–Trinajstić information content (AvgIpc) is 2.00. The lowest BCUT2D eigenvalue weighted by Crippen LogP contribution is -2.52. The van der Waals surface area contributed by atoms with Gasteiger partial charge in [0.15, 0.2) is 0 Å². The van der Waals surface area contributed by atoms with E-state index in [9.17, 15) is 4.79 Å². The summed E-state index contributed by atoms with van der Waals surface area (Å²) in [6.07, 6.45) is 8.32. The molecule has 71 valence electrons. The quantitative estimate of drug-likeness (QED) is 0.649. The highest BCUT2D eigenvalue weighted by atomic mass is 16.1. The number of hydrogen-bond acceptors (Lipinski definition) is 1. The maximum Gasteiger partial charge on any atom is 0.223 e. The molecule has 0 heterocycles. The third-order valence-corrected chi connectivity index (χ3v) is 4.32. The lowest BCUT2D eigenvalue weighted by atomic mass is 9.49. The second-order valence-corrected chi connectivity index (χ2v) is 5.31. The Morgan fingerprint density at radius 3 is 2.31 bits per heavy atom. The maximum atomic E-state index is 11.5. The summed E-state index contributed by atoms with van der Waals surface area (Å²) < 4.78 is 0. The first-order chi connectivity index (χ1) is 6.18. The van der Waals surface area contributed by atoms with Crippen LogP contribution in [0.2, 0.25) is 0 Å². The molecule has 0 aliphatic heterocycles. The summed E-state index contributed by atoms with van der Waals surface area (Å²) in [4.78, 5) is 11.5. The molecule has 2 heteroatoms. The second-order valence-electron chi connectivity index (χ2n) is 5.31. The summed E-state index contributed by atoms with van der Waals surface area (Å²) in [6, 6.07) is 0. The SMILES string of the molecule is NC(=O)C12CC3C[C@@H]([CH][C@@H](C3)C1)C2. The van der Waals surface area contributed by atoms with E-state index in [2.05, 4.69) is 6.42 Å². The highest BCUT2D eigenvalue weighted by Gasteiger charge is 2.53. The molecule has 4 saturated carbocycles. The Morgan fingerprint density at radius 2 is 1.85 bits per heavy atom. The molecule has 1 radical (unpaired) electrons. The zero-order chi connectivity index (χ0) is 9.05. The summed E-state index contributed by atoms with van der Waals surface area (Å²) in [5.74, 6) is 2.19. The van der Waals surface area contributed by atoms with Gasteiger partial charge < -0.3 is 5.73 Å². The Bertz CT molecular complexity index is 224. The van der Waals surface area contributed by atoms with Crippen molar-refractivity contribution in [2.24, 2.45) is 28.9 Å². The number of primary amides is 1. The van der Waals surface area contributed by atoms with Gasteiger partial charge in [-0.3, -0.25) is 4.79 Å². The topological polar surface area (TPSA) is 43.1 Å². The highest BCUT2D eigenvalue weighted by molar-refractivity contribution is 5.81. The van der Waals surface area contributed by atoms with Gasteiger partial charge in [-0.25, -0.2) is 0 Å². The van der Waals surface area contributed by atoms with Crippen molar-refractivity contribution >= 4 is 5.91 Å². The number of rotatable bonds is 1. The molecule has 2 N–H and O–H groups in total. The summed E-state index contributed by atoms with van der Waals surface area (Å²) in [7, 11) is 0. The van der Waals surface area contributed by atoms with Crippen molar-refractivity contribution in [3.8, 4) is 0 Å². The molecule has 13 heavy (non-hydrogen) atoms. The van der Waals surface area contributed by atoms with E-state index in [1.54, 1.807) is 0 Å². The van der Waals surface area contributed by atoms with E-state index in [0.29, 0.717) is 11.8 Å². The predicted molar refractivity (Wildman–Crippen MR) is 49.5 cm³/mol. The summed E-state index contributed by atoms with van der Waals surface area (Å²) in [6.45, 7) is 0. The predicted octanol–water partition coefficient (Wildman–Crippen LogP) is 1.50. The third-order valence-electron chi connectivity index (χ3n) is 4.32. The Labute approximate surface area is 78.9 Å². The summed E-state index contributed by atoms with van der Waals surface area (Å²) in [5, 5.41) is 0. The van der Waals surface area contributed by atoms with E-state index < -0.39 is 0 Å². The lowest BCUT2D eigenvalue weighted by Gasteiger charge is -2.55. The largest absolute Gasteiger partial charge is 0.369 e. The smallest absolute Gasteiger partial charge is 0.223 e. The van der Waals surface area contributed by atoms with Gasteiger partial charge in [-0.1, -0.05) is 0 Å². The van der Waals surface area contributed by atoms with Crippen LogP contribution in [-0.4, -0.2) is 5.91 Å². The Morgan fingerprint density at radius 1 is 1.23 bits per heavy atom. The van der Waals surface area contributed by atoms with Crippen LogP contribution in [0.5, 0.6) is 0 Å². The Hall–Kier alpha value is -0.530. The van der Waals surface area contributed by atoms with Crippen molar-refractivity contribution in [2.45, 2.75) is 32.1 Å². The molecule has 0 saturated heterocycles. The number of amides is 1. The fraction of sp³-hybridized carbons (Fsp3) is 0.818. The van der Waals surface area contributed by atoms with Crippen molar-refractivity contribution in [1.29, 1.82) is 0 Å². The molecule has 4 atom stereocenters. The number of carbonyl (C=O) groups excluding carboxylic acids is 1. The minimum absolute atomic E-state index is 0.0278. The van der Waals surface area contributed by atoms with E-state index in [1.807, 2.05) is 0 Å². The highest BCUT2D eigenvalue weighted by Crippen LogP contribution is 2.59. The molecule has 4 aliphatic rings. The van der Waals surface area contributed by atoms with Crippen molar-refractivity contribution in [3.05, 3.63) is 6.42 Å². The Balaban J connectivity index is 1.95. The first-order valence-electron chi connectivity index (χ1n) is 5.33. The minimum Gasteiger partial charge on any atom is -0.369 e. The van der Waals surface area contributed by atoms with Crippen LogP contribution in [0, 0.1) is 29.6 Å². The molecule has 1 amide bonds. The van der Waals surface area contributed by atoms with Crippen LogP contribution in [0.15, 0.2) is 0 Å². The number of nitrogens with two attached hydrogens (primary N) is 1. The number of carbonyl (C=O) groups is 1. The molecular formula is C11H16NO. The standard InChI is InChI=1S/C11H16NO/c12-10(13)11-4-7-1-8(5-11)3-9(2-7)6-11/h1,7-9H,2-6H2,(H2,12,13)/t7-,8+,9?,11?.